The van der Waals surface area contributed by atoms with Gasteiger partial charge in [-0.1, -0.05) is 17.8 Å². The third kappa shape index (κ3) is 6.38. The summed E-state index contributed by atoms with van der Waals surface area (Å²) in [4.78, 5) is 39.5. The van der Waals surface area contributed by atoms with Crippen molar-refractivity contribution in [3.8, 4) is 0 Å². The molecule has 1 aliphatic heterocycles. The smallest absolute Gasteiger partial charge is 0.409 e. The van der Waals surface area contributed by atoms with Crippen LogP contribution in [0.2, 0.25) is 0 Å². The number of halogens is 1. The van der Waals surface area contributed by atoms with Crippen molar-refractivity contribution in [1.82, 2.24) is 20.0 Å². The summed E-state index contributed by atoms with van der Waals surface area (Å²) < 4.78 is 18.2. The van der Waals surface area contributed by atoms with Crippen LogP contribution in [-0.4, -0.2) is 76.4 Å². The molecule has 11 heteroatoms. The number of hydrogen-bond acceptors (Lipinski definition) is 7. The second-order valence-corrected chi connectivity index (χ2v) is 7.57. The van der Waals surface area contributed by atoms with E-state index in [1.807, 2.05) is 0 Å². The predicted octanol–water partition coefficient (Wildman–Crippen LogP) is 2.26. The molecular weight excluding hydrogens is 425 g/mol. The molecule has 0 spiro atoms. The molecule has 0 saturated carbocycles. The molecule has 3 rings (SSSR count). The van der Waals surface area contributed by atoms with E-state index in [4.69, 9.17) is 4.74 Å². The lowest BCUT2D eigenvalue weighted by Crippen LogP contribution is -2.51. The zero-order chi connectivity index (χ0) is 22.2. The number of nitrogens with zero attached hydrogens (tertiary/aromatic N) is 4. The Balaban J connectivity index is 1.44. The summed E-state index contributed by atoms with van der Waals surface area (Å²) in [5, 5.41) is 11.0. The fourth-order valence-electron chi connectivity index (χ4n) is 2.86. The Morgan fingerprint density at radius 3 is 2.48 bits per heavy atom. The first kappa shape index (κ1) is 22.5. The summed E-state index contributed by atoms with van der Waals surface area (Å²) in [7, 11) is 0. The van der Waals surface area contributed by atoms with E-state index < -0.39 is 11.7 Å². The summed E-state index contributed by atoms with van der Waals surface area (Å²) in [6.45, 7) is 3.86. The maximum atomic E-state index is 13.2. The van der Waals surface area contributed by atoms with Crippen LogP contribution < -0.4 is 5.32 Å². The fourth-order valence-corrected chi connectivity index (χ4v) is 3.58. The van der Waals surface area contributed by atoms with Gasteiger partial charge in [-0.3, -0.25) is 9.59 Å². The first-order chi connectivity index (χ1) is 15.0. The van der Waals surface area contributed by atoms with Gasteiger partial charge in [0.25, 0.3) is 5.91 Å². The molecule has 0 radical (unpaired) electrons. The Morgan fingerprint density at radius 1 is 1.10 bits per heavy atom. The van der Waals surface area contributed by atoms with Gasteiger partial charge in [-0.25, -0.2) is 9.18 Å². The van der Waals surface area contributed by atoms with Crippen molar-refractivity contribution in [2.24, 2.45) is 0 Å². The van der Waals surface area contributed by atoms with Crippen molar-refractivity contribution in [1.29, 1.82) is 0 Å². The number of aromatic nitrogens is 2. The lowest BCUT2D eigenvalue weighted by atomic mass is 10.2. The number of thioether (sulfide) groups is 1. The molecular formula is C20H22FN5O4S. The molecule has 0 unspecified atom stereocenters. The molecule has 1 aromatic carbocycles. The Kier molecular flexibility index (Phi) is 7.76. The molecule has 1 fully saturated rings. The van der Waals surface area contributed by atoms with Crippen LogP contribution in [0.15, 0.2) is 41.4 Å². The van der Waals surface area contributed by atoms with E-state index in [0.29, 0.717) is 37.8 Å². The zero-order valence-electron chi connectivity index (χ0n) is 16.9. The van der Waals surface area contributed by atoms with Crippen LogP contribution in [0.25, 0.3) is 0 Å². The van der Waals surface area contributed by atoms with Crippen LogP contribution in [0, 0.1) is 5.82 Å². The van der Waals surface area contributed by atoms with E-state index in [-0.39, 0.29) is 29.1 Å². The number of ether oxygens (including phenoxy) is 1. The van der Waals surface area contributed by atoms with Crippen LogP contribution in [-0.2, 0) is 9.53 Å². The highest BCUT2D eigenvalue weighted by atomic mass is 32.2. The Morgan fingerprint density at radius 2 is 1.84 bits per heavy atom. The van der Waals surface area contributed by atoms with E-state index in [1.165, 1.54) is 30.0 Å². The molecule has 9 nitrogen and oxygen atoms in total. The molecule has 31 heavy (non-hydrogen) atoms. The van der Waals surface area contributed by atoms with Crippen molar-refractivity contribution in [2.45, 2.75) is 11.9 Å². The van der Waals surface area contributed by atoms with Crippen LogP contribution in [0.4, 0.5) is 15.0 Å². The number of carbonyl (C=O) groups excluding carboxylic acids is 3. The minimum absolute atomic E-state index is 0.0567. The third-order valence-electron chi connectivity index (χ3n) is 4.47. The lowest BCUT2D eigenvalue weighted by Gasteiger charge is -2.34. The standard InChI is InChI=1S/C20H22FN5O4S/c1-2-30-20(29)26-10-8-25(9-11-26)18(27)13-31-17-7-6-16(23-24-17)22-19(28)14-4-3-5-15(21)12-14/h3-7,12H,2,8-11,13H2,1H3,(H,22,23,28). The maximum absolute atomic E-state index is 13.2. The van der Waals surface area contributed by atoms with Gasteiger partial charge in [-0.05, 0) is 37.3 Å². The average molecular weight is 447 g/mol. The van der Waals surface area contributed by atoms with E-state index in [1.54, 1.807) is 28.9 Å². The molecule has 0 atom stereocenters. The summed E-state index contributed by atoms with van der Waals surface area (Å²) in [6, 6.07) is 8.53. The van der Waals surface area contributed by atoms with Crippen LogP contribution in [0.5, 0.6) is 0 Å². The van der Waals surface area contributed by atoms with Crippen molar-refractivity contribution in [3.63, 3.8) is 0 Å². The van der Waals surface area contributed by atoms with Gasteiger partial charge in [0.15, 0.2) is 5.82 Å². The minimum Gasteiger partial charge on any atom is -0.450 e. The average Bonchev–Trinajstić information content (AvgIpc) is 2.78. The van der Waals surface area contributed by atoms with Crippen molar-refractivity contribution in [2.75, 3.05) is 43.9 Å². The monoisotopic (exact) mass is 447 g/mol. The van der Waals surface area contributed by atoms with Gasteiger partial charge in [0, 0.05) is 31.7 Å². The third-order valence-corrected chi connectivity index (χ3v) is 5.38. The number of carbonyl (C=O) groups is 3. The number of anilines is 1. The number of benzene rings is 1. The molecule has 1 aromatic heterocycles. The highest BCUT2D eigenvalue weighted by Crippen LogP contribution is 2.17. The molecule has 1 aliphatic rings. The van der Waals surface area contributed by atoms with Gasteiger partial charge in [0.2, 0.25) is 5.91 Å². The van der Waals surface area contributed by atoms with E-state index in [2.05, 4.69) is 15.5 Å². The van der Waals surface area contributed by atoms with E-state index in [9.17, 15) is 18.8 Å². The highest BCUT2D eigenvalue weighted by Gasteiger charge is 2.24. The molecule has 1 N–H and O–H groups in total. The number of rotatable bonds is 6. The van der Waals surface area contributed by atoms with Gasteiger partial charge in [0.05, 0.1) is 12.4 Å². The Bertz CT molecular complexity index is 935. The van der Waals surface area contributed by atoms with Gasteiger partial charge in [-0.2, -0.15) is 0 Å². The number of nitrogens with one attached hydrogen (secondary N) is 1. The highest BCUT2D eigenvalue weighted by molar-refractivity contribution is 7.99. The van der Waals surface area contributed by atoms with Gasteiger partial charge in [0.1, 0.15) is 10.8 Å². The van der Waals surface area contributed by atoms with Crippen LogP contribution in [0.1, 0.15) is 17.3 Å². The van der Waals surface area contributed by atoms with E-state index >= 15 is 0 Å². The Labute approximate surface area is 182 Å². The second kappa shape index (κ2) is 10.7. The van der Waals surface area contributed by atoms with Gasteiger partial charge < -0.3 is 19.9 Å². The van der Waals surface area contributed by atoms with Crippen LogP contribution >= 0.6 is 11.8 Å². The topological polar surface area (TPSA) is 105 Å². The first-order valence-electron chi connectivity index (χ1n) is 9.69. The molecule has 3 amide bonds. The van der Waals surface area contributed by atoms with E-state index in [0.717, 1.165) is 6.07 Å². The fraction of sp³-hybridized carbons (Fsp3) is 0.350. The quantitative estimate of drug-likeness (QED) is 0.677. The molecule has 2 heterocycles. The number of hydrogen-bond donors (Lipinski definition) is 1. The maximum Gasteiger partial charge on any atom is 0.409 e. The minimum atomic E-state index is -0.502. The molecule has 1 saturated heterocycles. The number of amides is 3. The summed E-state index contributed by atoms with van der Waals surface area (Å²) in [5.41, 5.74) is 0.175. The second-order valence-electron chi connectivity index (χ2n) is 6.58. The summed E-state index contributed by atoms with van der Waals surface area (Å²) in [5.74, 6) is -0.647. The van der Waals surface area contributed by atoms with Crippen molar-refractivity contribution in [3.05, 3.63) is 47.8 Å². The Hall–Kier alpha value is -3.21. The lowest BCUT2D eigenvalue weighted by molar-refractivity contribution is -0.129. The van der Waals surface area contributed by atoms with Crippen molar-refractivity contribution >= 4 is 35.5 Å². The SMILES string of the molecule is CCOC(=O)N1CCN(C(=O)CSc2ccc(NC(=O)c3cccc(F)c3)nn2)CC1. The number of piperazine rings is 1. The molecule has 0 bridgehead atoms. The van der Waals surface area contributed by atoms with Crippen molar-refractivity contribution < 1.29 is 23.5 Å². The first-order valence-corrected chi connectivity index (χ1v) is 10.7. The predicted molar refractivity (Wildman–Crippen MR) is 112 cm³/mol. The van der Waals surface area contributed by atoms with Gasteiger partial charge >= 0.3 is 6.09 Å². The molecule has 164 valence electrons. The molecule has 0 aliphatic carbocycles. The zero-order valence-corrected chi connectivity index (χ0v) is 17.7. The summed E-state index contributed by atoms with van der Waals surface area (Å²) >= 11 is 1.23. The summed E-state index contributed by atoms with van der Waals surface area (Å²) in [6.07, 6.45) is -0.358. The largest absolute Gasteiger partial charge is 0.450 e. The molecule has 2 aromatic rings. The van der Waals surface area contributed by atoms with Crippen LogP contribution in [0.3, 0.4) is 0 Å². The normalized spacial score (nSPS) is 13.6. The van der Waals surface area contributed by atoms with Gasteiger partial charge in [-0.15, -0.1) is 10.2 Å².